The molecule has 2 atom stereocenters. The smallest absolute Gasteiger partial charge is 0.349 e. The summed E-state index contributed by atoms with van der Waals surface area (Å²) in [6.45, 7) is 2.32. The Morgan fingerprint density at radius 3 is 2.88 bits per heavy atom. The maximum atomic E-state index is 12.6. The molecule has 2 unspecified atom stereocenters. The Balaban J connectivity index is 0.00000208. The highest BCUT2D eigenvalue weighted by Gasteiger charge is 2.29. The molecule has 1 fully saturated rings. The first-order valence-electron chi connectivity index (χ1n) is 7.75. The van der Waals surface area contributed by atoms with E-state index in [9.17, 15) is 9.59 Å². The van der Waals surface area contributed by atoms with Crippen LogP contribution in [0, 0.1) is 12.8 Å². The van der Waals surface area contributed by atoms with Crippen molar-refractivity contribution < 1.29 is 9.21 Å². The molecule has 1 saturated carbocycles. The summed E-state index contributed by atoms with van der Waals surface area (Å²) in [7, 11) is 0. The fraction of sp³-hybridized carbons (Fsp3) is 0.412. The molecule has 1 heterocycles. The van der Waals surface area contributed by atoms with E-state index in [4.69, 9.17) is 10.2 Å². The van der Waals surface area contributed by atoms with E-state index in [2.05, 4.69) is 21.2 Å². The van der Waals surface area contributed by atoms with Gasteiger partial charge >= 0.3 is 5.63 Å². The number of halogens is 2. The molecule has 0 radical (unpaired) electrons. The van der Waals surface area contributed by atoms with Crippen molar-refractivity contribution in [2.75, 3.05) is 6.54 Å². The van der Waals surface area contributed by atoms with Crippen molar-refractivity contribution in [2.45, 2.75) is 32.2 Å². The van der Waals surface area contributed by atoms with Gasteiger partial charge in [-0.15, -0.1) is 12.4 Å². The Bertz CT molecular complexity index is 821. The second kappa shape index (κ2) is 7.68. The topological polar surface area (TPSA) is 85.3 Å². The SMILES string of the molecule is Cc1c(C(=O)NC2CCCC2CN)c(=O)oc2ccc(Br)cc12.Cl. The van der Waals surface area contributed by atoms with Crippen LogP contribution < -0.4 is 16.7 Å². The molecule has 2 aromatic rings. The number of nitrogens with two attached hydrogens (primary N) is 1. The molecule has 0 aliphatic heterocycles. The Morgan fingerprint density at radius 1 is 1.42 bits per heavy atom. The molecule has 0 spiro atoms. The molecule has 24 heavy (non-hydrogen) atoms. The van der Waals surface area contributed by atoms with Crippen LogP contribution >= 0.6 is 28.3 Å². The van der Waals surface area contributed by atoms with Gasteiger partial charge in [0.2, 0.25) is 0 Å². The van der Waals surface area contributed by atoms with E-state index in [1.54, 1.807) is 19.1 Å². The molecular weight excluding hydrogens is 396 g/mol. The highest BCUT2D eigenvalue weighted by Crippen LogP contribution is 2.26. The van der Waals surface area contributed by atoms with Gasteiger partial charge in [-0.25, -0.2) is 4.79 Å². The lowest BCUT2D eigenvalue weighted by atomic mass is 10.0. The maximum Gasteiger partial charge on any atom is 0.349 e. The van der Waals surface area contributed by atoms with E-state index in [1.165, 1.54) is 0 Å². The second-order valence-corrected chi connectivity index (χ2v) is 6.95. The zero-order valence-electron chi connectivity index (χ0n) is 13.3. The van der Waals surface area contributed by atoms with Crippen LogP contribution in [0.5, 0.6) is 0 Å². The van der Waals surface area contributed by atoms with E-state index in [0.29, 0.717) is 17.7 Å². The summed E-state index contributed by atoms with van der Waals surface area (Å²) in [6, 6.07) is 5.40. The van der Waals surface area contributed by atoms with Crippen molar-refractivity contribution >= 4 is 45.2 Å². The first-order valence-corrected chi connectivity index (χ1v) is 8.54. The average Bonchev–Trinajstić information content (AvgIpc) is 2.95. The van der Waals surface area contributed by atoms with Gasteiger partial charge in [0.05, 0.1) is 0 Å². The van der Waals surface area contributed by atoms with Gasteiger partial charge in [-0.2, -0.15) is 0 Å². The lowest BCUT2D eigenvalue weighted by Gasteiger charge is -2.19. The number of fused-ring (bicyclic) bond motifs is 1. The number of amides is 1. The Morgan fingerprint density at radius 2 is 2.17 bits per heavy atom. The molecule has 1 aliphatic rings. The Labute approximate surface area is 154 Å². The molecule has 1 aliphatic carbocycles. The van der Waals surface area contributed by atoms with Crippen molar-refractivity contribution in [1.82, 2.24) is 5.32 Å². The van der Waals surface area contributed by atoms with Gasteiger partial charge in [-0.3, -0.25) is 4.79 Å². The van der Waals surface area contributed by atoms with Crippen molar-refractivity contribution in [3.05, 3.63) is 44.2 Å². The molecule has 3 rings (SSSR count). The zero-order valence-corrected chi connectivity index (χ0v) is 15.7. The van der Waals surface area contributed by atoms with Crippen LogP contribution in [-0.2, 0) is 0 Å². The zero-order chi connectivity index (χ0) is 16.6. The first-order chi connectivity index (χ1) is 11.0. The number of benzene rings is 1. The molecule has 5 nitrogen and oxygen atoms in total. The minimum Gasteiger partial charge on any atom is -0.422 e. The first kappa shape index (κ1) is 19.0. The van der Waals surface area contributed by atoms with Crippen LogP contribution in [0.15, 0.2) is 31.9 Å². The lowest BCUT2D eigenvalue weighted by molar-refractivity contribution is 0.0924. The van der Waals surface area contributed by atoms with Crippen molar-refractivity contribution in [3.63, 3.8) is 0 Å². The number of rotatable bonds is 3. The number of hydrogen-bond donors (Lipinski definition) is 2. The van der Waals surface area contributed by atoms with Crippen LogP contribution in [0.3, 0.4) is 0 Å². The largest absolute Gasteiger partial charge is 0.422 e. The monoisotopic (exact) mass is 414 g/mol. The average molecular weight is 416 g/mol. The number of hydrogen-bond acceptors (Lipinski definition) is 4. The standard InChI is InChI=1S/C17H19BrN2O3.ClH/c1-9-12-7-11(18)5-6-14(12)23-17(22)15(9)16(21)20-13-4-2-3-10(13)8-19;/h5-7,10,13H,2-4,8,19H2,1H3,(H,20,21);1H. The second-order valence-electron chi connectivity index (χ2n) is 6.04. The normalized spacial score (nSPS) is 20.0. The van der Waals surface area contributed by atoms with E-state index in [0.717, 1.165) is 29.1 Å². The van der Waals surface area contributed by atoms with E-state index >= 15 is 0 Å². The quantitative estimate of drug-likeness (QED) is 0.754. The highest BCUT2D eigenvalue weighted by atomic mass is 79.9. The van der Waals surface area contributed by atoms with E-state index in [1.807, 2.05) is 6.07 Å². The number of carbonyl (C=O) groups is 1. The summed E-state index contributed by atoms with van der Waals surface area (Å²) in [5.41, 5.74) is 6.35. The molecule has 0 saturated heterocycles. The van der Waals surface area contributed by atoms with Crippen molar-refractivity contribution in [1.29, 1.82) is 0 Å². The molecule has 3 N–H and O–H groups in total. The molecule has 1 aromatic carbocycles. The highest BCUT2D eigenvalue weighted by molar-refractivity contribution is 9.10. The van der Waals surface area contributed by atoms with Crippen molar-refractivity contribution in [2.24, 2.45) is 11.7 Å². The van der Waals surface area contributed by atoms with E-state index < -0.39 is 5.63 Å². The summed E-state index contributed by atoms with van der Waals surface area (Å²) < 4.78 is 6.17. The van der Waals surface area contributed by atoms with Gasteiger partial charge in [-0.05, 0) is 56.0 Å². The van der Waals surface area contributed by atoms with Crippen LogP contribution in [0.2, 0.25) is 0 Å². The minimum absolute atomic E-state index is 0. The summed E-state index contributed by atoms with van der Waals surface area (Å²) in [6.07, 6.45) is 2.96. The van der Waals surface area contributed by atoms with Gasteiger partial charge in [0.1, 0.15) is 11.1 Å². The predicted octanol–water partition coefficient (Wildman–Crippen LogP) is 3.14. The van der Waals surface area contributed by atoms with Crippen LogP contribution in [0.4, 0.5) is 0 Å². The van der Waals surface area contributed by atoms with Crippen LogP contribution in [0.25, 0.3) is 11.0 Å². The summed E-state index contributed by atoms with van der Waals surface area (Å²) >= 11 is 3.40. The molecule has 130 valence electrons. The Kier molecular flexibility index (Phi) is 6.06. The van der Waals surface area contributed by atoms with E-state index in [-0.39, 0.29) is 35.8 Å². The maximum absolute atomic E-state index is 12.6. The van der Waals surface area contributed by atoms with Gasteiger partial charge in [-0.1, -0.05) is 22.4 Å². The van der Waals surface area contributed by atoms with Crippen molar-refractivity contribution in [3.8, 4) is 0 Å². The third-order valence-electron chi connectivity index (χ3n) is 4.63. The summed E-state index contributed by atoms with van der Waals surface area (Å²) in [5.74, 6) is -0.0932. The molecule has 1 amide bonds. The number of aryl methyl sites for hydroxylation is 1. The van der Waals surface area contributed by atoms with Gasteiger partial charge in [0, 0.05) is 15.9 Å². The van der Waals surface area contributed by atoms with Gasteiger partial charge in [0.15, 0.2) is 0 Å². The fourth-order valence-electron chi connectivity index (χ4n) is 3.34. The van der Waals surface area contributed by atoms with Gasteiger partial charge < -0.3 is 15.5 Å². The fourth-order valence-corrected chi connectivity index (χ4v) is 3.70. The summed E-state index contributed by atoms with van der Waals surface area (Å²) in [5, 5.41) is 3.72. The number of nitrogens with one attached hydrogen (secondary N) is 1. The number of carbonyl (C=O) groups excluding carboxylic acids is 1. The van der Waals surface area contributed by atoms with Gasteiger partial charge in [0.25, 0.3) is 5.91 Å². The van der Waals surface area contributed by atoms with Crippen LogP contribution in [-0.4, -0.2) is 18.5 Å². The molecular formula is C17H20BrClN2O3. The third-order valence-corrected chi connectivity index (χ3v) is 5.13. The third kappa shape index (κ3) is 3.50. The predicted molar refractivity (Wildman–Crippen MR) is 99.8 cm³/mol. The molecule has 7 heteroatoms. The minimum atomic E-state index is -0.600. The molecule has 1 aromatic heterocycles. The lowest BCUT2D eigenvalue weighted by Crippen LogP contribution is -2.41. The van der Waals surface area contributed by atoms with Crippen LogP contribution in [0.1, 0.15) is 35.2 Å². The molecule has 0 bridgehead atoms. The Hall–Kier alpha value is -1.37. The summed E-state index contributed by atoms with van der Waals surface area (Å²) in [4.78, 5) is 24.9.